The third-order valence-electron chi connectivity index (χ3n) is 4.13. The van der Waals surface area contributed by atoms with Gasteiger partial charge in [0.1, 0.15) is 0 Å². The monoisotopic (exact) mass is 330 g/mol. The van der Waals surface area contributed by atoms with Crippen LogP contribution in [-0.4, -0.2) is 44.8 Å². The molecule has 0 aromatic rings. The SMILES string of the molecule is COC(=O)C1CCN(S(=O)(=O)NC(=O)CC2C=CCC2)CC1. The molecule has 1 aliphatic heterocycles. The molecule has 2 rings (SSSR count). The number of hydrogen-bond acceptors (Lipinski definition) is 5. The highest BCUT2D eigenvalue weighted by molar-refractivity contribution is 7.87. The minimum Gasteiger partial charge on any atom is -0.469 e. The molecule has 8 heteroatoms. The minimum absolute atomic E-state index is 0.125. The molecular weight excluding hydrogens is 308 g/mol. The first-order chi connectivity index (χ1) is 10.4. The van der Waals surface area contributed by atoms with E-state index in [1.54, 1.807) is 0 Å². The van der Waals surface area contributed by atoms with E-state index in [4.69, 9.17) is 0 Å². The Morgan fingerprint density at radius 1 is 1.27 bits per heavy atom. The molecule has 0 radical (unpaired) electrons. The minimum atomic E-state index is -3.82. The quantitative estimate of drug-likeness (QED) is 0.588. The summed E-state index contributed by atoms with van der Waals surface area (Å²) in [6.45, 7) is 0.428. The van der Waals surface area contributed by atoms with E-state index in [2.05, 4.69) is 9.46 Å². The first-order valence-corrected chi connectivity index (χ1v) is 8.91. The van der Waals surface area contributed by atoms with Crippen molar-refractivity contribution in [1.82, 2.24) is 9.03 Å². The number of nitrogens with zero attached hydrogens (tertiary/aromatic N) is 1. The molecule has 124 valence electrons. The van der Waals surface area contributed by atoms with E-state index in [9.17, 15) is 18.0 Å². The molecule has 1 atom stereocenters. The van der Waals surface area contributed by atoms with Crippen molar-refractivity contribution in [3.05, 3.63) is 12.2 Å². The third-order valence-corrected chi connectivity index (χ3v) is 5.66. The average molecular weight is 330 g/mol. The second kappa shape index (κ2) is 7.23. The maximum absolute atomic E-state index is 12.2. The number of amides is 1. The topological polar surface area (TPSA) is 92.8 Å². The molecule has 1 unspecified atom stereocenters. The largest absolute Gasteiger partial charge is 0.469 e. The molecule has 1 amide bonds. The smallest absolute Gasteiger partial charge is 0.308 e. The van der Waals surface area contributed by atoms with Crippen molar-refractivity contribution in [3.63, 3.8) is 0 Å². The predicted octanol–water partition coefficient (Wildman–Crippen LogP) is 0.589. The van der Waals surface area contributed by atoms with Gasteiger partial charge in [-0.1, -0.05) is 12.2 Å². The van der Waals surface area contributed by atoms with Gasteiger partial charge in [0.2, 0.25) is 5.91 Å². The molecule has 0 aromatic heterocycles. The van der Waals surface area contributed by atoms with Gasteiger partial charge in [0.25, 0.3) is 0 Å². The van der Waals surface area contributed by atoms with Crippen molar-refractivity contribution in [3.8, 4) is 0 Å². The third kappa shape index (κ3) is 4.30. The van der Waals surface area contributed by atoms with Crippen molar-refractivity contribution < 1.29 is 22.7 Å². The van der Waals surface area contributed by atoms with E-state index in [0.717, 1.165) is 12.8 Å². The summed E-state index contributed by atoms with van der Waals surface area (Å²) in [4.78, 5) is 23.3. The van der Waals surface area contributed by atoms with Crippen LogP contribution in [0.1, 0.15) is 32.1 Å². The number of nitrogens with one attached hydrogen (secondary N) is 1. The fourth-order valence-electron chi connectivity index (χ4n) is 2.85. The first kappa shape index (κ1) is 17.0. The molecule has 2 aliphatic rings. The zero-order chi connectivity index (χ0) is 16.2. The maximum Gasteiger partial charge on any atom is 0.308 e. The Morgan fingerprint density at radius 3 is 2.50 bits per heavy atom. The summed E-state index contributed by atoms with van der Waals surface area (Å²) >= 11 is 0. The van der Waals surface area contributed by atoms with Crippen LogP contribution in [0.4, 0.5) is 0 Å². The summed E-state index contributed by atoms with van der Waals surface area (Å²) < 4.78 is 32.4. The van der Waals surface area contributed by atoms with Crippen LogP contribution in [0.2, 0.25) is 0 Å². The molecular formula is C14H22N2O5S. The summed E-state index contributed by atoms with van der Waals surface area (Å²) in [6.07, 6.45) is 6.79. The van der Waals surface area contributed by atoms with Crippen molar-refractivity contribution in [2.45, 2.75) is 32.1 Å². The zero-order valence-electron chi connectivity index (χ0n) is 12.7. The van der Waals surface area contributed by atoms with Gasteiger partial charge in [-0.2, -0.15) is 12.7 Å². The normalized spacial score (nSPS) is 23.4. The van der Waals surface area contributed by atoms with Gasteiger partial charge in [-0.3, -0.25) is 9.59 Å². The van der Waals surface area contributed by atoms with Crippen molar-refractivity contribution in [2.24, 2.45) is 11.8 Å². The number of carbonyl (C=O) groups is 2. The maximum atomic E-state index is 12.2. The van der Waals surface area contributed by atoms with E-state index in [1.165, 1.54) is 11.4 Å². The van der Waals surface area contributed by atoms with Crippen LogP contribution in [-0.2, 0) is 24.5 Å². The molecule has 1 fully saturated rings. The van der Waals surface area contributed by atoms with Gasteiger partial charge in [0.05, 0.1) is 13.0 Å². The fraction of sp³-hybridized carbons (Fsp3) is 0.714. The lowest BCUT2D eigenvalue weighted by atomic mass is 9.99. The van der Waals surface area contributed by atoms with Crippen LogP contribution in [0.3, 0.4) is 0 Å². The molecule has 0 spiro atoms. The summed E-state index contributed by atoms with van der Waals surface area (Å²) in [5.41, 5.74) is 0. The van der Waals surface area contributed by atoms with Crippen molar-refractivity contribution >= 4 is 22.1 Å². The summed E-state index contributed by atoms with van der Waals surface area (Å²) in [6, 6.07) is 0. The Morgan fingerprint density at radius 2 is 1.95 bits per heavy atom. The van der Waals surface area contributed by atoms with Crippen molar-refractivity contribution in [2.75, 3.05) is 20.2 Å². The Labute approximate surface area is 130 Å². The van der Waals surface area contributed by atoms with Gasteiger partial charge in [0.15, 0.2) is 0 Å². The standard InChI is InChI=1S/C14H22N2O5S/c1-21-14(18)12-6-8-16(9-7-12)22(19,20)15-13(17)10-11-4-2-3-5-11/h2,4,11-12H,3,5-10H2,1H3,(H,15,17). The zero-order valence-corrected chi connectivity index (χ0v) is 13.5. The molecule has 0 bridgehead atoms. The number of hydrogen-bond donors (Lipinski definition) is 1. The summed E-state index contributed by atoms with van der Waals surface area (Å²) in [5, 5.41) is 0. The Balaban J connectivity index is 1.84. The molecule has 0 aromatic carbocycles. The molecule has 0 saturated carbocycles. The second-order valence-corrected chi connectivity index (χ2v) is 7.37. The molecule has 1 saturated heterocycles. The van der Waals surface area contributed by atoms with Gasteiger partial charge in [-0.05, 0) is 31.6 Å². The van der Waals surface area contributed by atoms with E-state index in [-0.39, 0.29) is 37.3 Å². The van der Waals surface area contributed by atoms with E-state index < -0.39 is 16.1 Å². The van der Waals surface area contributed by atoms with Gasteiger partial charge in [-0.25, -0.2) is 4.72 Å². The van der Waals surface area contributed by atoms with Crippen LogP contribution in [0.25, 0.3) is 0 Å². The van der Waals surface area contributed by atoms with Crippen LogP contribution in [0.15, 0.2) is 12.2 Å². The molecule has 7 nitrogen and oxygen atoms in total. The number of ether oxygens (including phenoxy) is 1. The van der Waals surface area contributed by atoms with E-state index >= 15 is 0 Å². The summed E-state index contributed by atoms with van der Waals surface area (Å²) in [7, 11) is -2.50. The van der Waals surface area contributed by atoms with Gasteiger partial charge in [0, 0.05) is 19.5 Å². The Kier molecular flexibility index (Phi) is 5.57. The average Bonchev–Trinajstić information content (AvgIpc) is 2.98. The first-order valence-electron chi connectivity index (χ1n) is 7.47. The highest BCUT2D eigenvalue weighted by Crippen LogP contribution is 2.22. The number of piperidine rings is 1. The van der Waals surface area contributed by atoms with Crippen molar-refractivity contribution in [1.29, 1.82) is 0 Å². The van der Waals surface area contributed by atoms with E-state index in [1.807, 2.05) is 12.2 Å². The summed E-state index contributed by atoms with van der Waals surface area (Å²) in [5.74, 6) is -0.934. The Bertz CT molecular complexity index is 550. The Hall–Kier alpha value is -1.41. The fourth-order valence-corrected chi connectivity index (χ4v) is 4.04. The second-order valence-electron chi connectivity index (χ2n) is 5.70. The number of carbonyl (C=O) groups excluding carboxylic acids is 2. The van der Waals surface area contributed by atoms with Crippen LogP contribution >= 0.6 is 0 Å². The highest BCUT2D eigenvalue weighted by Gasteiger charge is 2.32. The van der Waals surface area contributed by atoms with Crippen LogP contribution in [0.5, 0.6) is 0 Å². The van der Waals surface area contributed by atoms with Gasteiger partial charge in [-0.15, -0.1) is 0 Å². The highest BCUT2D eigenvalue weighted by atomic mass is 32.2. The molecule has 1 aliphatic carbocycles. The number of esters is 1. The lowest BCUT2D eigenvalue weighted by molar-refractivity contribution is -0.146. The molecule has 1 N–H and O–H groups in total. The number of allylic oxidation sites excluding steroid dienone is 2. The lowest BCUT2D eigenvalue weighted by Gasteiger charge is -2.29. The lowest BCUT2D eigenvalue weighted by Crippen LogP contribution is -2.47. The van der Waals surface area contributed by atoms with Gasteiger partial charge >= 0.3 is 16.2 Å². The van der Waals surface area contributed by atoms with Crippen LogP contribution < -0.4 is 4.72 Å². The predicted molar refractivity (Wildman–Crippen MR) is 79.9 cm³/mol. The van der Waals surface area contributed by atoms with Crippen LogP contribution in [0, 0.1) is 11.8 Å². The number of methoxy groups -OCH3 is 1. The van der Waals surface area contributed by atoms with Gasteiger partial charge < -0.3 is 4.74 Å². The molecule has 22 heavy (non-hydrogen) atoms. The number of rotatable bonds is 5. The molecule has 1 heterocycles. The van der Waals surface area contributed by atoms with E-state index in [0.29, 0.717) is 12.8 Å².